The van der Waals surface area contributed by atoms with Crippen LogP contribution in [0.4, 0.5) is 14.5 Å². The third-order valence-electron chi connectivity index (χ3n) is 2.50. The summed E-state index contributed by atoms with van der Waals surface area (Å²) in [6.07, 6.45) is 0. The average Bonchev–Trinajstić information content (AvgIpc) is 2.80. The number of anilines is 1. The number of amides is 1. The zero-order chi connectivity index (χ0) is 14.9. The molecule has 1 aromatic carbocycles. The fourth-order valence-electron chi connectivity index (χ4n) is 1.57. The Labute approximate surface area is 116 Å². The van der Waals surface area contributed by atoms with Gasteiger partial charge in [0.1, 0.15) is 0 Å². The molecule has 0 radical (unpaired) electrons. The van der Waals surface area contributed by atoms with Crippen LogP contribution in [0.1, 0.15) is 24.9 Å². The van der Waals surface area contributed by atoms with Crippen LogP contribution in [0.3, 0.4) is 0 Å². The molecule has 20 heavy (non-hydrogen) atoms. The molecule has 0 atom stereocenters. The molecular formula is C13H9F2NO3S. The van der Waals surface area contributed by atoms with Gasteiger partial charge in [0.05, 0.1) is 16.1 Å². The van der Waals surface area contributed by atoms with Gasteiger partial charge in [-0.1, -0.05) is 0 Å². The third-order valence-corrected chi connectivity index (χ3v) is 3.50. The van der Waals surface area contributed by atoms with Crippen LogP contribution in [0.2, 0.25) is 0 Å². The number of carbonyl (C=O) groups excluding carboxylic acids is 1. The van der Waals surface area contributed by atoms with E-state index in [4.69, 9.17) is 5.11 Å². The van der Waals surface area contributed by atoms with Crippen LogP contribution in [-0.4, -0.2) is 17.0 Å². The molecule has 4 nitrogen and oxygen atoms in total. The number of hydrogen-bond acceptors (Lipinski definition) is 3. The van der Waals surface area contributed by atoms with Gasteiger partial charge in [-0.15, -0.1) is 11.3 Å². The van der Waals surface area contributed by atoms with Crippen molar-refractivity contribution in [3.8, 4) is 0 Å². The largest absolute Gasteiger partial charge is 0.478 e. The van der Waals surface area contributed by atoms with E-state index in [2.05, 4.69) is 5.32 Å². The smallest absolute Gasteiger partial charge is 0.337 e. The SMILES string of the molecule is Cc1ccc(C(=O)Nc2cc(F)c(F)cc2C(=O)O)s1. The van der Waals surface area contributed by atoms with Gasteiger partial charge in [0.25, 0.3) is 5.91 Å². The minimum Gasteiger partial charge on any atom is -0.478 e. The Morgan fingerprint density at radius 1 is 1.20 bits per heavy atom. The highest BCUT2D eigenvalue weighted by Crippen LogP contribution is 2.22. The molecule has 0 aliphatic rings. The van der Waals surface area contributed by atoms with Gasteiger partial charge < -0.3 is 10.4 Å². The minimum atomic E-state index is -1.46. The maximum absolute atomic E-state index is 13.2. The molecule has 0 unspecified atom stereocenters. The minimum absolute atomic E-state index is 0.285. The number of aryl methyl sites for hydroxylation is 1. The van der Waals surface area contributed by atoms with Gasteiger partial charge in [-0.25, -0.2) is 13.6 Å². The molecule has 1 aromatic heterocycles. The summed E-state index contributed by atoms with van der Waals surface area (Å²) in [7, 11) is 0. The zero-order valence-corrected chi connectivity index (χ0v) is 11.1. The van der Waals surface area contributed by atoms with Crippen molar-refractivity contribution in [1.29, 1.82) is 0 Å². The molecule has 2 rings (SSSR count). The summed E-state index contributed by atoms with van der Waals surface area (Å²) >= 11 is 1.21. The van der Waals surface area contributed by atoms with Gasteiger partial charge in [0.15, 0.2) is 11.6 Å². The summed E-state index contributed by atoms with van der Waals surface area (Å²) < 4.78 is 26.2. The summed E-state index contributed by atoms with van der Waals surface area (Å²) in [5.74, 6) is -4.54. The number of hydrogen-bond donors (Lipinski definition) is 2. The number of carboxylic acid groups (broad SMARTS) is 1. The van der Waals surface area contributed by atoms with E-state index in [0.717, 1.165) is 4.88 Å². The van der Waals surface area contributed by atoms with Gasteiger partial charge in [-0.3, -0.25) is 4.79 Å². The quantitative estimate of drug-likeness (QED) is 0.913. The topological polar surface area (TPSA) is 66.4 Å². The first-order chi connectivity index (χ1) is 9.38. The van der Waals surface area contributed by atoms with Gasteiger partial charge >= 0.3 is 5.97 Å². The van der Waals surface area contributed by atoms with Crippen molar-refractivity contribution in [2.24, 2.45) is 0 Å². The lowest BCUT2D eigenvalue weighted by Gasteiger charge is -2.08. The fourth-order valence-corrected chi connectivity index (χ4v) is 2.33. The van der Waals surface area contributed by atoms with Crippen molar-refractivity contribution in [2.75, 3.05) is 5.32 Å². The van der Waals surface area contributed by atoms with Crippen LogP contribution >= 0.6 is 11.3 Å². The standard InChI is InChI=1S/C13H9F2NO3S/c1-6-2-3-11(20-6)12(17)16-10-5-9(15)8(14)4-7(10)13(18)19/h2-5H,1H3,(H,16,17)(H,18,19). The fraction of sp³-hybridized carbons (Fsp3) is 0.0769. The first-order valence-corrected chi connectivity index (χ1v) is 6.30. The number of rotatable bonds is 3. The van der Waals surface area contributed by atoms with E-state index in [-0.39, 0.29) is 5.69 Å². The molecule has 104 valence electrons. The Bertz CT molecular complexity index is 697. The lowest BCUT2D eigenvalue weighted by Crippen LogP contribution is -2.14. The maximum atomic E-state index is 13.2. The second kappa shape index (κ2) is 5.38. The van der Waals surface area contributed by atoms with Crippen LogP contribution in [0.15, 0.2) is 24.3 Å². The molecular weight excluding hydrogens is 288 g/mol. The van der Waals surface area contributed by atoms with Gasteiger partial charge in [0.2, 0.25) is 0 Å². The number of carbonyl (C=O) groups is 2. The van der Waals surface area contributed by atoms with Gasteiger partial charge in [0, 0.05) is 10.9 Å². The number of benzene rings is 1. The van der Waals surface area contributed by atoms with E-state index < -0.39 is 29.1 Å². The molecule has 0 saturated carbocycles. The van der Waals surface area contributed by atoms with E-state index in [9.17, 15) is 18.4 Å². The Hall–Kier alpha value is -2.28. The lowest BCUT2D eigenvalue weighted by atomic mass is 10.1. The number of carboxylic acids is 1. The molecule has 0 aliphatic heterocycles. The van der Waals surface area contributed by atoms with E-state index >= 15 is 0 Å². The summed E-state index contributed by atoms with van der Waals surface area (Å²) in [4.78, 5) is 24.1. The molecule has 0 aliphatic carbocycles. The van der Waals surface area contributed by atoms with Crippen LogP contribution in [0, 0.1) is 18.6 Å². The van der Waals surface area contributed by atoms with E-state index in [1.54, 1.807) is 12.1 Å². The van der Waals surface area contributed by atoms with Crippen molar-refractivity contribution in [1.82, 2.24) is 0 Å². The van der Waals surface area contributed by atoms with Crippen molar-refractivity contribution < 1.29 is 23.5 Å². The molecule has 1 heterocycles. The van der Waals surface area contributed by atoms with E-state index in [1.807, 2.05) is 6.92 Å². The Kier molecular flexibility index (Phi) is 3.80. The molecule has 1 amide bonds. The Balaban J connectivity index is 2.35. The molecule has 0 fully saturated rings. The average molecular weight is 297 g/mol. The maximum Gasteiger partial charge on any atom is 0.337 e. The number of halogens is 2. The monoisotopic (exact) mass is 297 g/mol. The normalized spacial score (nSPS) is 10.3. The molecule has 2 N–H and O–H groups in total. The van der Waals surface area contributed by atoms with Gasteiger partial charge in [-0.2, -0.15) is 0 Å². The van der Waals surface area contributed by atoms with Crippen molar-refractivity contribution in [3.63, 3.8) is 0 Å². The summed E-state index contributed by atoms with van der Waals surface area (Å²) in [5, 5.41) is 11.2. The predicted molar refractivity (Wildman–Crippen MR) is 70.3 cm³/mol. The Morgan fingerprint density at radius 3 is 2.40 bits per heavy atom. The first-order valence-electron chi connectivity index (χ1n) is 5.48. The predicted octanol–water partition coefficient (Wildman–Crippen LogP) is 3.29. The van der Waals surface area contributed by atoms with Crippen LogP contribution in [0.5, 0.6) is 0 Å². The molecule has 0 spiro atoms. The molecule has 0 bridgehead atoms. The van der Waals surface area contributed by atoms with Crippen molar-refractivity contribution >= 4 is 28.9 Å². The highest BCUT2D eigenvalue weighted by molar-refractivity contribution is 7.14. The number of thiophene rings is 1. The van der Waals surface area contributed by atoms with Crippen LogP contribution < -0.4 is 5.32 Å². The summed E-state index contributed by atoms with van der Waals surface area (Å²) in [5.41, 5.74) is -0.794. The molecule has 2 aromatic rings. The number of aromatic carboxylic acids is 1. The highest BCUT2D eigenvalue weighted by atomic mass is 32.1. The third kappa shape index (κ3) is 2.83. The molecule has 0 saturated heterocycles. The van der Waals surface area contributed by atoms with E-state index in [0.29, 0.717) is 17.0 Å². The van der Waals surface area contributed by atoms with Crippen LogP contribution in [-0.2, 0) is 0 Å². The zero-order valence-electron chi connectivity index (χ0n) is 10.2. The van der Waals surface area contributed by atoms with Crippen molar-refractivity contribution in [3.05, 3.63) is 51.2 Å². The lowest BCUT2D eigenvalue weighted by molar-refractivity contribution is 0.0697. The van der Waals surface area contributed by atoms with Crippen LogP contribution in [0.25, 0.3) is 0 Å². The summed E-state index contributed by atoms with van der Waals surface area (Å²) in [6.45, 7) is 1.81. The van der Waals surface area contributed by atoms with Crippen molar-refractivity contribution in [2.45, 2.75) is 6.92 Å². The summed E-state index contributed by atoms with van der Waals surface area (Å²) in [6, 6.07) is 4.47. The number of nitrogens with one attached hydrogen (secondary N) is 1. The molecule has 7 heteroatoms. The highest BCUT2D eigenvalue weighted by Gasteiger charge is 2.18. The second-order valence-corrected chi connectivity index (χ2v) is 5.27. The second-order valence-electron chi connectivity index (χ2n) is 3.98. The Morgan fingerprint density at radius 2 is 1.85 bits per heavy atom. The van der Waals surface area contributed by atoms with Gasteiger partial charge in [-0.05, 0) is 25.1 Å². The first kappa shape index (κ1) is 14.1. The van der Waals surface area contributed by atoms with E-state index in [1.165, 1.54) is 11.3 Å².